The number of nitrogens with one attached hydrogen (secondary N) is 1. The van der Waals surface area contributed by atoms with E-state index in [2.05, 4.69) is 10.3 Å². The molecule has 3 aromatic rings. The highest BCUT2D eigenvalue weighted by Crippen LogP contribution is 2.37. The van der Waals surface area contributed by atoms with Crippen LogP contribution in [0.25, 0.3) is 11.3 Å². The first-order chi connectivity index (χ1) is 14.0. The zero-order valence-electron chi connectivity index (χ0n) is 16.1. The molecular formula is C21H19N3O4S. The number of rotatable bonds is 4. The second-order valence-corrected chi connectivity index (χ2v) is 7.42. The van der Waals surface area contributed by atoms with E-state index in [1.165, 1.54) is 11.3 Å². The Morgan fingerprint density at radius 2 is 2.10 bits per heavy atom. The number of benzene rings is 2. The van der Waals surface area contributed by atoms with Gasteiger partial charge in [0, 0.05) is 23.6 Å². The standard InChI is InChI=1S/C21H19N3O4S/c1-12-20(26)24(2)17-10-13(7-8-18(17)28-12)16-11-29-21(22-16)23-19(25)14-5-4-6-15(9-14)27-3/h4-12H,1-3H3,(H,22,23,25)/t12-/m0/s1. The Hall–Kier alpha value is -3.39. The predicted octanol–water partition coefficient (Wildman–Crippen LogP) is 3.81. The van der Waals surface area contributed by atoms with E-state index < -0.39 is 6.10 Å². The van der Waals surface area contributed by atoms with Crippen molar-refractivity contribution in [2.45, 2.75) is 13.0 Å². The third-order valence-electron chi connectivity index (χ3n) is 4.65. The van der Waals surface area contributed by atoms with Crippen LogP contribution in [0.5, 0.6) is 11.5 Å². The van der Waals surface area contributed by atoms with Gasteiger partial charge in [-0.3, -0.25) is 14.9 Å². The Balaban J connectivity index is 1.55. The summed E-state index contributed by atoms with van der Waals surface area (Å²) in [5.74, 6) is 0.911. The van der Waals surface area contributed by atoms with Gasteiger partial charge < -0.3 is 14.4 Å². The average molecular weight is 409 g/mol. The lowest BCUT2D eigenvalue weighted by atomic mass is 10.1. The Bertz CT molecular complexity index is 1100. The van der Waals surface area contributed by atoms with Crippen LogP contribution in [0.2, 0.25) is 0 Å². The van der Waals surface area contributed by atoms with Gasteiger partial charge in [0.2, 0.25) is 0 Å². The van der Waals surface area contributed by atoms with E-state index in [-0.39, 0.29) is 11.8 Å². The van der Waals surface area contributed by atoms with Crippen LogP contribution in [0.15, 0.2) is 47.8 Å². The molecule has 0 aliphatic carbocycles. The number of likely N-dealkylation sites (N-methyl/N-ethyl adjacent to an activating group) is 1. The van der Waals surface area contributed by atoms with Crippen LogP contribution in [0.3, 0.4) is 0 Å². The van der Waals surface area contributed by atoms with Crippen molar-refractivity contribution in [3.8, 4) is 22.8 Å². The lowest BCUT2D eigenvalue weighted by molar-refractivity contribution is -0.125. The molecule has 0 saturated heterocycles. The first-order valence-corrected chi connectivity index (χ1v) is 9.84. The minimum absolute atomic E-state index is 0.0980. The maximum Gasteiger partial charge on any atom is 0.267 e. The number of thiazole rings is 1. The molecule has 1 N–H and O–H groups in total. The van der Waals surface area contributed by atoms with Crippen molar-refractivity contribution < 1.29 is 19.1 Å². The number of nitrogens with zero attached hydrogens (tertiary/aromatic N) is 2. The molecule has 2 heterocycles. The van der Waals surface area contributed by atoms with Gasteiger partial charge in [-0.2, -0.15) is 0 Å². The molecule has 8 heteroatoms. The van der Waals surface area contributed by atoms with Crippen molar-refractivity contribution in [1.29, 1.82) is 0 Å². The fourth-order valence-corrected chi connectivity index (χ4v) is 3.78. The van der Waals surface area contributed by atoms with Gasteiger partial charge in [-0.15, -0.1) is 11.3 Å². The molecular weight excluding hydrogens is 390 g/mol. The molecule has 0 spiro atoms. The summed E-state index contributed by atoms with van der Waals surface area (Å²) < 4.78 is 10.8. The van der Waals surface area contributed by atoms with Crippen molar-refractivity contribution in [1.82, 2.24) is 4.98 Å². The number of anilines is 2. The summed E-state index contributed by atoms with van der Waals surface area (Å²) in [6.45, 7) is 1.73. The number of hydrogen-bond acceptors (Lipinski definition) is 6. The van der Waals surface area contributed by atoms with Gasteiger partial charge in [0.15, 0.2) is 11.2 Å². The summed E-state index contributed by atoms with van der Waals surface area (Å²) in [4.78, 5) is 30.7. The molecule has 0 bridgehead atoms. The molecule has 0 saturated carbocycles. The Labute approximate surface area is 171 Å². The Morgan fingerprint density at radius 1 is 1.28 bits per heavy atom. The number of aromatic nitrogens is 1. The highest BCUT2D eigenvalue weighted by atomic mass is 32.1. The second-order valence-electron chi connectivity index (χ2n) is 6.56. The number of methoxy groups -OCH3 is 1. The minimum atomic E-state index is -0.504. The number of carbonyl (C=O) groups excluding carboxylic acids is 2. The van der Waals surface area contributed by atoms with Crippen LogP contribution < -0.4 is 19.7 Å². The molecule has 2 amide bonds. The summed E-state index contributed by atoms with van der Waals surface area (Å²) >= 11 is 1.33. The lowest BCUT2D eigenvalue weighted by Crippen LogP contribution is -2.41. The van der Waals surface area contributed by atoms with E-state index >= 15 is 0 Å². The first kappa shape index (κ1) is 18.9. The fourth-order valence-electron chi connectivity index (χ4n) is 3.07. The van der Waals surface area contributed by atoms with Crippen LogP contribution >= 0.6 is 11.3 Å². The number of ether oxygens (including phenoxy) is 2. The first-order valence-electron chi connectivity index (χ1n) is 8.96. The van der Waals surface area contributed by atoms with Crippen molar-refractivity contribution in [3.63, 3.8) is 0 Å². The van der Waals surface area contributed by atoms with E-state index in [0.717, 1.165) is 5.56 Å². The molecule has 1 aromatic heterocycles. The molecule has 0 fully saturated rings. The molecule has 1 aliphatic heterocycles. The number of fused-ring (bicyclic) bond motifs is 1. The minimum Gasteiger partial charge on any atom is -0.497 e. The highest BCUT2D eigenvalue weighted by molar-refractivity contribution is 7.14. The molecule has 0 unspecified atom stereocenters. The summed E-state index contributed by atoms with van der Waals surface area (Å²) in [5.41, 5.74) is 2.72. The average Bonchev–Trinajstić information content (AvgIpc) is 3.20. The predicted molar refractivity (Wildman–Crippen MR) is 112 cm³/mol. The van der Waals surface area contributed by atoms with Gasteiger partial charge in [-0.1, -0.05) is 6.07 Å². The zero-order chi connectivity index (χ0) is 20.5. The van der Waals surface area contributed by atoms with E-state index in [1.807, 2.05) is 23.6 Å². The van der Waals surface area contributed by atoms with Crippen molar-refractivity contribution in [3.05, 3.63) is 53.4 Å². The third-order valence-corrected chi connectivity index (χ3v) is 5.41. The van der Waals surface area contributed by atoms with Gasteiger partial charge >= 0.3 is 0 Å². The normalized spacial score (nSPS) is 15.5. The van der Waals surface area contributed by atoms with Crippen molar-refractivity contribution in [2.24, 2.45) is 0 Å². The monoisotopic (exact) mass is 409 g/mol. The number of amides is 2. The van der Waals surface area contributed by atoms with Crippen LogP contribution in [0.4, 0.5) is 10.8 Å². The SMILES string of the molecule is COc1cccc(C(=O)Nc2nc(-c3ccc4c(c3)N(C)C(=O)[C@H](C)O4)cs2)c1. The van der Waals surface area contributed by atoms with Gasteiger partial charge in [-0.05, 0) is 43.3 Å². The Morgan fingerprint density at radius 3 is 2.90 bits per heavy atom. The van der Waals surface area contributed by atoms with Crippen LogP contribution in [0.1, 0.15) is 17.3 Å². The topological polar surface area (TPSA) is 80.8 Å². The molecule has 0 radical (unpaired) electrons. The molecule has 7 nitrogen and oxygen atoms in total. The van der Waals surface area contributed by atoms with E-state index in [4.69, 9.17) is 9.47 Å². The summed E-state index contributed by atoms with van der Waals surface area (Å²) in [6.07, 6.45) is -0.504. The van der Waals surface area contributed by atoms with E-state index in [0.29, 0.717) is 33.6 Å². The number of hydrogen-bond donors (Lipinski definition) is 1. The van der Waals surface area contributed by atoms with Gasteiger partial charge in [0.25, 0.3) is 11.8 Å². The van der Waals surface area contributed by atoms with Crippen LogP contribution in [-0.4, -0.2) is 37.1 Å². The highest BCUT2D eigenvalue weighted by Gasteiger charge is 2.29. The smallest absolute Gasteiger partial charge is 0.267 e. The Kier molecular flexibility index (Phi) is 4.94. The number of carbonyl (C=O) groups is 2. The van der Waals surface area contributed by atoms with Gasteiger partial charge in [0.1, 0.15) is 11.5 Å². The van der Waals surface area contributed by atoms with E-state index in [9.17, 15) is 9.59 Å². The van der Waals surface area contributed by atoms with Gasteiger partial charge in [0.05, 0.1) is 18.5 Å². The maximum absolute atomic E-state index is 12.5. The van der Waals surface area contributed by atoms with Crippen LogP contribution in [-0.2, 0) is 4.79 Å². The summed E-state index contributed by atoms with van der Waals surface area (Å²) in [6, 6.07) is 12.5. The fraction of sp³-hybridized carbons (Fsp3) is 0.190. The van der Waals surface area contributed by atoms with Crippen molar-refractivity contribution >= 4 is 34.0 Å². The summed E-state index contributed by atoms with van der Waals surface area (Å²) in [5, 5.41) is 5.15. The quantitative estimate of drug-likeness (QED) is 0.709. The second kappa shape index (κ2) is 7.56. The molecule has 1 aliphatic rings. The maximum atomic E-state index is 12.5. The summed E-state index contributed by atoms with van der Waals surface area (Å²) in [7, 11) is 3.28. The van der Waals surface area contributed by atoms with Crippen LogP contribution in [0, 0.1) is 0 Å². The lowest BCUT2D eigenvalue weighted by Gasteiger charge is -2.30. The third kappa shape index (κ3) is 3.66. The van der Waals surface area contributed by atoms with E-state index in [1.54, 1.807) is 50.2 Å². The van der Waals surface area contributed by atoms with Gasteiger partial charge in [-0.25, -0.2) is 4.98 Å². The zero-order valence-corrected chi connectivity index (χ0v) is 16.9. The molecule has 1 atom stereocenters. The molecule has 2 aromatic carbocycles. The van der Waals surface area contributed by atoms with Crippen molar-refractivity contribution in [2.75, 3.05) is 24.4 Å². The largest absolute Gasteiger partial charge is 0.497 e. The molecule has 29 heavy (non-hydrogen) atoms. The molecule has 148 valence electrons. The molecule has 4 rings (SSSR count).